The smallest absolute Gasteiger partial charge is 0.304 e. The average molecular weight is 896 g/mol. The molecule has 65 heavy (non-hydrogen) atoms. The van der Waals surface area contributed by atoms with Crippen molar-refractivity contribution in [3.8, 4) is 0 Å². The number of Topliss-reactive ketones (excluding diaryl/α,β-unsaturated/α-hetero) is 2. The van der Waals surface area contributed by atoms with Gasteiger partial charge in [-0.3, -0.25) is 33.6 Å². The van der Waals surface area contributed by atoms with Gasteiger partial charge in [0.05, 0.1) is 24.7 Å². The summed E-state index contributed by atoms with van der Waals surface area (Å²) in [6.45, 7) is 8.02. The molecule has 4 aliphatic carbocycles. The largest absolute Gasteiger partial charge is 0.481 e. The van der Waals surface area contributed by atoms with Crippen LogP contribution in [0.15, 0.2) is 72.3 Å². The number of carbonyl (C=O) groups is 7. The molecule has 3 amide bonds. The van der Waals surface area contributed by atoms with Crippen molar-refractivity contribution in [3.05, 3.63) is 89.0 Å². The van der Waals surface area contributed by atoms with Crippen LogP contribution in [0.25, 0.3) is 0 Å². The first-order valence-corrected chi connectivity index (χ1v) is 22.7. The van der Waals surface area contributed by atoms with Crippen molar-refractivity contribution < 1.29 is 58.4 Å². The molecule has 0 spiro atoms. The van der Waals surface area contributed by atoms with Crippen molar-refractivity contribution in [1.29, 1.82) is 0 Å². The van der Waals surface area contributed by atoms with Crippen LogP contribution < -0.4 is 16.0 Å². The molecule has 2 aromatic carbocycles. The van der Waals surface area contributed by atoms with E-state index in [9.17, 15) is 43.8 Å². The Morgan fingerprint density at radius 1 is 0.938 bits per heavy atom. The second-order valence-electron chi connectivity index (χ2n) is 19.3. The summed E-state index contributed by atoms with van der Waals surface area (Å²) in [5.41, 5.74) is 1.47. The fraction of sp³-hybridized carbons (Fsp3) is 0.540. The number of ether oxygens (including phenoxy) is 2. The highest BCUT2D eigenvalue weighted by atomic mass is 16.7. The molecule has 12 atom stereocenters. The molecular weight excluding hydrogens is 835 g/mol. The Morgan fingerprint density at radius 2 is 1.66 bits per heavy atom. The van der Waals surface area contributed by atoms with Gasteiger partial charge in [-0.2, -0.15) is 0 Å². The maximum absolute atomic E-state index is 14.0. The van der Waals surface area contributed by atoms with E-state index in [2.05, 4.69) is 22.9 Å². The zero-order valence-electron chi connectivity index (χ0n) is 37.6. The molecule has 1 unspecified atom stereocenters. The number of allylic oxidation sites excluding steroid dienone is 4. The van der Waals surface area contributed by atoms with Gasteiger partial charge in [0.15, 0.2) is 29.2 Å². The van der Waals surface area contributed by atoms with Gasteiger partial charge >= 0.3 is 5.97 Å². The fourth-order valence-corrected chi connectivity index (χ4v) is 11.7. The van der Waals surface area contributed by atoms with Crippen molar-refractivity contribution in [2.45, 2.75) is 116 Å². The third kappa shape index (κ3) is 9.25. The van der Waals surface area contributed by atoms with Gasteiger partial charge in [0.1, 0.15) is 6.61 Å². The summed E-state index contributed by atoms with van der Waals surface area (Å²) < 4.78 is 13.4. The van der Waals surface area contributed by atoms with Gasteiger partial charge in [-0.05, 0) is 86.3 Å². The molecule has 348 valence electrons. The number of aliphatic hydroxyl groups excluding tert-OH is 2. The van der Waals surface area contributed by atoms with Crippen LogP contribution in [0.1, 0.15) is 103 Å². The van der Waals surface area contributed by atoms with Crippen LogP contribution in [-0.2, 0) is 49.5 Å². The molecule has 7 rings (SSSR count). The van der Waals surface area contributed by atoms with E-state index in [0.29, 0.717) is 30.5 Å². The van der Waals surface area contributed by atoms with E-state index in [1.165, 1.54) is 13.8 Å². The molecule has 1 heterocycles. The first-order chi connectivity index (χ1) is 30.8. The van der Waals surface area contributed by atoms with E-state index < -0.39 is 83.0 Å². The first kappa shape index (κ1) is 47.6. The number of nitrogens with one attached hydrogen (secondary N) is 3. The maximum Gasteiger partial charge on any atom is 0.304 e. The third-order valence-corrected chi connectivity index (χ3v) is 15.0. The minimum atomic E-state index is -1.45. The van der Waals surface area contributed by atoms with E-state index >= 15 is 0 Å². The molecular formula is C50H61N3O12. The highest BCUT2D eigenvalue weighted by Gasteiger charge is 2.76. The zero-order valence-corrected chi connectivity index (χ0v) is 37.6. The maximum atomic E-state index is 14.0. The Hall–Kier alpha value is -5.35. The molecule has 2 aromatic rings. The SMILES string of the molecule is CC(CC(=O)O)C(=O)NCCC(=O)N[C@@H](C)C(=O)C[C@@H](C)C(=O)Nc1cccc(Cc2ccc([C@@H]3O[C@@H]4C[C@H]5[C@@H]6CCC7=CC(=O)C=C[C@]7(C)[C@H]6[C@@H](O)C[C@]5(C)[C@]4(C(=O)CO)O3)cc2)c1. The van der Waals surface area contributed by atoms with Crippen LogP contribution in [0.3, 0.4) is 0 Å². The number of aliphatic hydroxyl groups is 2. The van der Waals surface area contributed by atoms with Crippen LogP contribution in [0, 0.1) is 40.4 Å². The number of hydrogen-bond donors (Lipinski definition) is 6. The van der Waals surface area contributed by atoms with E-state index in [1.54, 1.807) is 25.1 Å². The van der Waals surface area contributed by atoms with E-state index in [1.807, 2.05) is 55.5 Å². The predicted molar refractivity (Wildman–Crippen MR) is 237 cm³/mol. The summed E-state index contributed by atoms with van der Waals surface area (Å²) >= 11 is 0. The molecule has 15 nitrogen and oxygen atoms in total. The van der Waals surface area contributed by atoms with E-state index in [4.69, 9.17) is 14.6 Å². The number of carboxylic acid groups (broad SMARTS) is 1. The number of amides is 3. The number of ketones is 3. The van der Waals surface area contributed by atoms with Gasteiger partial charge in [-0.25, -0.2) is 0 Å². The number of benzene rings is 2. The third-order valence-electron chi connectivity index (χ3n) is 15.0. The number of carbonyl (C=O) groups excluding carboxylic acids is 6. The van der Waals surface area contributed by atoms with Gasteiger partial charge in [0.25, 0.3) is 0 Å². The number of hydrogen-bond acceptors (Lipinski definition) is 11. The highest BCUT2D eigenvalue weighted by Crippen LogP contribution is 2.70. The Labute approximate surface area is 378 Å². The van der Waals surface area contributed by atoms with Crippen LogP contribution in [-0.4, -0.2) is 93.4 Å². The standard InChI is InChI=1S/C50H61N3O12/c1-27(19-38(56)29(3)52-42(59)16-18-51-45(62)28(2)20-43(60)61)46(63)53-34-8-6-7-31(22-34)21-30-9-11-32(12-10-30)47-64-41-24-37-36-14-13-33-23-35(55)15-17-48(33,4)44(36)39(57)25-49(37,5)50(41,65-47)40(58)26-54/h6-12,15,17,22-23,27-29,36-37,39,41,44,47,54,57H,13-14,16,18-21,24-26H2,1-5H3,(H,51,62)(H,52,59)(H,53,63)(H,60,61)/t27-,28?,29+,36+,37+,39+,41-,44-,47-,48+,49+,50-/m1/s1. The molecule has 3 saturated carbocycles. The molecule has 0 radical (unpaired) electrons. The molecule has 15 heteroatoms. The minimum Gasteiger partial charge on any atom is -0.481 e. The lowest BCUT2D eigenvalue weighted by atomic mass is 9.46. The lowest BCUT2D eigenvalue weighted by Crippen LogP contribution is -2.63. The van der Waals surface area contributed by atoms with Crippen LogP contribution in [0.2, 0.25) is 0 Å². The Morgan fingerprint density at radius 3 is 2.37 bits per heavy atom. The predicted octanol–water partition coefficient (Wildman–Crippen LogP) is 4.54. The molecule has 0 bridgehead atoms. The molecule has 1 aliphatic heterocycles. The summed E-state index contributed by atoms with van der Waals surface area (Å²) in [5.74, 6) is -4.76. The Kier molecular flexibility index (Phi) is 13.8. The first-order valence-electron chi connectivity index (χ1n) is 22.7. The molecule has 4 fully saturated rings. The quantitative estimate of drug-likeness (QED) is 0.129. The number of aliphatic carboxylic acids is 1. The molecule has 6 N–H and O–H groups in total. The Balaban J connectivity index is 0.927. The monoisotopic (exact) mass is 895 g/mol. The van der Waals surface area contributed by atoms with Crippen molar-refractivity contribution in [2.75, 3.05) is 18.5 Å². The summed E-state index contributed by atoms with van der Waals surface area (Å²) in [7, 11) is 0. The van der Waals surface area contributed by atoms with Crippen LogP contribution >= 0.6 is 0 Å². The van der Waals surface area contributed by atoms with Gasteiger partial charge < -0.3 is 40.7 Å². The van der Waals surface area contributed by atoms with Gasteiger partial charge in [0, 0.05) is 59.2 Å². The van der Waals surface area contributed by atoms with E-state index in [-0.39, 0.29) is 61.0 Å². The summed E-state index contributed by atoms with van der Waals surface area (Å²) in [4.78, 5) is 87.5. The highest BCUT2D eigenvalue weighted by molar-refractivity contribution is 6.01. The van der Waals surface area contributed by atoms with E-state index in [0.717, 1.165) is 29.5 Å². The lowest BCUT2D eigenvalue weighted by molar-refractivity contribution is -0.201. The second kappa shape index (κ2) is 18.9. The average Bonchev–Trinajstić information content (AvgIpc) is 3.76. The Bertz CT molecular complexity index is 2290. The lowest BCUT2D eigenvalue weighted by Gasteiger charge is -2.59. The number of rotatable bonds is 17. The normalized spacial score (nSPS) is 31.2. The molecule has 0 aromatic heterocycles. The number of fused-ring (bicyclic) bond motifs is 7. The van der Waals surface area contributed by atoms with Gasteiger partial charge in [-0.1, -0.05) is 75.7 Å². The van der Waals surface area contributed by atoms with Crippen molar-refractivity contribution in [2.24, 2.45) is 40.4 Å². The van der Waals surface area contributed by atoms with Crippen molar-refractivity contribution in [1.82, 2.24) is 10.6 Å². The fourth-order valence-electron chi connectivity index (χ4n) is 11.7. The number of carboxylic acids is 1. The topological polar surface area (TPSA) is 235 Å². The zero-order chi connectivity index (χ0) is 47.0. The molecule has 5 aliphatic rings. The summed E-state index contributed by atoms with van der Waals surface area (Å²) in [5, 5.41) is 39.1. The summed E-state index contributed by atoms with van der Waals surface area (Å²) in [6.07, 6.45) is 5.35. The van der Waals surface area contributed by atoms with Crippen LogP contribution in [0.5, 0.6) is 0 Å². The van der Waals surface area contributed by atoms with Gasteiger partial charge in [0.2, 0.25) is 17.7 Å². The molecule has 1 saturated heterocycles. The number of anilines is 1. The minimum absolute atomic E-state index is 0.0110. The van der Waals surface area contributed by atoms with Crippen molar-refractivity contribution >= 4 is 46.7 Å². The van der Waals surface area contributed by atoms with Gasteiger partial charge in [-0.15, -0.1) is 0 Å². The second-order valence-corrected chi connectivity index (χ2v) is 19.3. The van der Waals surface area contributed by atoms with Crippen LogP contribution in [0.4, 0.5) is 5.69 Å². The summed E-state index contributed by atoms with van der Waals surface area (Å²) in [6, 6.07) is 14.2. The van der Waals surface area contributed by atoms with Crippen molar-refractivity contribution in [3.63, 3.8) is 0 Å².